The van der Waals surface area contributed by atoms with Gasteiger partial charge in [-0.25, -0.2) is 13.2 Å². The third-order valence-electron chi connectivity index (χ3n) is 6.30. The molecule has 220 valence electrons. The van der Waals surface area contributed by atoms with Gasteiger partial charge in [0.25, 0.3) is 5.91 Å². The maximum absolute atomic E-state index is 14.2. The van der Waals surface area contributed by atoms with Crippen LogP contribution in [0.4, 0.5) is 26.3 Å². The molecular formula is C28H22BrF6N5O2. The summed E-state index contributed by atoms with van der Waals surface area (Å²) in [6.45, 7) is 0.983. The number of nitrogens with zero attached hydrogens (tertiary/aromatic N) is 3. The Hall–Kier alpha value is -4.20. The van der Waals surface area contributed by atoms with Gasteiger partial charge in [0.1, 0.15) is 24.0 Å². The summed E-state index contributed by atoms with van der Waals surface area (Å²) >= 11 is 2.91. The highest BCUT2D eigenvalue weighted by Gasteiger charge is 2.38. The minimum absolute atomic E-state index is 0.125. The van der Waals surface area contributed by atoms with Gasteiger partial charge >= 0.3 is 6.18 Å². The minimum Gasteiger partial charge on any atom is -0.366 e. The van der Waals surface area contributed by atoms with Crippen molar-refractivity contribution in [2.75, 3.05) is 0 Å². The smallest absolute Gasteiger partial charge is 0.366 e. The molecule has 0 saturated carbocycles. The highest BCUT2D eigenvalue weighted by molar-refractivity contribution is 9.10. The number of carbonyl (C=O) groups is 2. The monoisotopic (exact) mass is 653 g/mol. The van der Waals surface area contributed by atoms with Crippen LogP contribution in [0.2, 0.25) is 0 Å². The lowest BCUT2D eigenvalue weighted by Gasteiger charge is -2.22. The lowest BCUT2D eigenvalue weighted by molar-refractivity contribution is -0.142. The number of halogens is 7. The first-order chi connectivity index (χ1) is 19.8. The Kier molecular flexibility index (Phi) is 9.04. The molecule has 0 saturated heterocycles. The predicted octanol–water partition coefficient (Wildman–Crippen LogP) is 5.91. The predicted molar refractivity (Wildman–Crippen MR) is 143 cm³/mol. The molecular weight excluding hydrogens is 632 g/mol. The van der Waals surface area contributed by atoms with Gasteiger partial charge in [-0.2, -0.15) is 18.3 Å². The van der Waals surface area contributed by atoms with Crippen LogP contribution in [0.15, 0.2) is 59.2 Å². The third kappa shape index (κ3) is 6.81. The Bertz CT molecular complexity index is 1640. The molecule has 3 N–H and O–H groups in total. The van der Waals surface area contributed by atoms with Crippen LogP contribution in [0.1, 0.15) is 46.0 Å². The minimum atomic E-state index is -4.77. The lowest BCUT2D eigenvalue weighted by atomic mass is 9.94. The van der Waals surface area contributed by atoms with E-state index in [0.29, 0.717) is 17.2 Å². The van der Waals surface area contributed by atoms with E-state index in [0.717, 1.165) is 22.9 Å². The second kappa shape index (κ2) is 12.3. The summed E-state index contributed by atoms with van der Waals surface area (Å²) in [4.78, 5) is 29.3. The fourth-order valence-electron chi connectivity index (χ4n) is 4.50. The van der Waals surface area contributed by atoms with Gasteiger partial charge in [-0.15, -0.1) is 0 Å². The van der Waals surface area contributed by atoms with E-state index < -0.39 is 59.3 Å². The van der Waals surface area contributed by atoms with Crippen molar-refractivity contribution < 1.29 is 35.9 Å². The van der Waals surface area contributed by atoms with Crippen LogP contribution < -0.4 is 11.1 Å². The van der Waals surface area contributed by atoms with Crippen molar-refractivity contribution >= 4 is 27.7 Å². The van der Waals surface area contributed by atoms with Crippen LogP contribution >= 0.6 is 15.9 Å². The van der Waals surface area contributed by atoms with E-state index in [9.17, 15) is 35.9 Å². The number of alkyl halides is 3. The molecule has 2 amide bonds. The standard InChI is InChI=1S/C28H22BrF6N5O2/c1-2-22-24(29)26(28(33,34)35)39-40(22)13-23(41)38-21(10-14-8-16(30)12-17(31)9-14)25-18(4-3-7-37-25)15-5-6-20(32)19(11-15)27(36)42/h3-9,11-12,21H,2,10,13H2,1H3,(H2,36,42)(H,38,41). The first-order valence-electron chi connectivity index (χ1n) is 12.4. The van der Waals surface area contributed by atoms with Crippen LogP contribution in [0.5, 0.6) is 0 Å². The first kappa shape index (κ1) is 30.8. The third-order valence-corrected chi connectivity index (χ3v) is 7.13. The van der Waals surface area contributed by atoms with E-state index in [1.165, 1.54) is 18.3 Å². The van der Waals surface area contributed by atoms with Gasteiger partial charge in [0, 0.05) is 17.8 Å². The second-order valence-corrected chi connectivity index (χ2v) is 10.0. The summed E-state index contributed by atoms with van der Waals surface area (Å²) in [7, 11) is 0. The summed E-state index contributed by atoms with van der Waals surface area (Å²) in [5.41, 5.74) is 4.78. The van der Waals surface area contributed by atoms with Crippen molar-refractivity contribution in [1.29, 1.82) is 0 Å². The van der Waals surface area contributed by atoms with Crippen molar-refractivity contribution in [2.24, 2.45) is 5.73 Å². The number of carbonyl (C=O) groups excluding carboxylic acids is 2. The number of hydrogen-bond acceptors (Lipinski definition) is 4. The molecule has 0 fully saturated rings. The zero-order valence-electron chi connectivity index (χ0n) is 21.8. The molecule has 0 aliphatic heterocycles. The number of benzene rings is 2. The molecule has 2 aromatic carbocycles. The Morgan fingerprint density at radius 1 is 1.07 bits per heavy atom. The topological polar surface area (TPSA) is 103 Å². The molecule has 0 spiro atoms. The molecule has 14 heteroatoms. The summed E-state index contributed by atoms with van der Waals surface area (Å²) < 4.78 is 83.2. The van der Waals surface area contributed by atoms with Crippen LogP contribution in [-0.4, -0.2) is 26.6 Å². The van der Waals surface area contributed by atoms with E-state index in [2.05, 4.69) is 31.3 Å². The van der Waals surface area contributed by atoms with E-state index in [4.69, 9.17) is 5.73 Å². The quantitative estimate of drug-likeness (QED) is 0.219. The van der Waals surface area contributed by atoms with E-state index in [1.807, 2.05) is 0 Å². The lowest BCUT2D eigenvalue weighted by Crippen LogP contribution is -2.34. The highest BCUT2D eigenvalue weighted by atomic mass is 79.9. The van der Waals surface area contributed by atoms with Crippen LogP contribution in [0.25, 0.3) is 11.1 Å². The molecule has 2 aromatic heterocycles. The zero-order chi connectivity index (χ0) is 30.8. The molecule has 1 unspecified atom stereocenters. The highest BCUT2D eigenvalue weighted by Crippen LogP contribution is 2.36. The van der Waals surface area contributed by atoms with Gasteiger partial charge in [0.05, 0.1) is 27.5 Å². The fraction of sp³-hybridized carbons (Fsp3) is 0.214. The Morgan fingerprint density at radius 3 is 2.38 bits per heavy atom. The van der Waals surface area contributed by atoms with Crippen molar-refractivity contribution in [3.63, 3.8) is 0 Å². The molecule has 0 aliphatic rings. The van der Waals surface area contributed by atoms with Crippen LogP contribution in [0, 0.1) is 17.5 Å². The van der Waals surface area contributed by atoms with Crippen LogP contribution in [0.3, 0.4) is 0 Å². The summed E-state index contributed by atoms with van der Waals surface area (Å²) in [5.74, 6) is -4.38. The van der Waals surface area contributed by atoms with E-state index >= 15 is 0 Å². The number of aromatic nitrogens is 3. The number of primary amides is 1. The molecule has 0 radical (unpaired) electrons. The van der Waals surface area contributed by atoms with Gasteiger partial charge in [0.2, 0.25) is 5.91 Å². The van der Waals surface area contributed by atoms with Crippen molar-refractivity contribution in [1.82, 2.24) is 20.1 Å². The largest absolute Gasteiger partial charge is 0.436 e. The average molecular weight is 654 g/mol. The summed E-state index contributed by atoms with van der Waals surface area (Å²) in [6.07, 6.45) is -3.44. The number of nitrogens with two attached hydrogens (primary N) is 1. The number of nitrogens with one attached hydrogen (secondary N) is 1. The maximum Gasteiger partial charge on any atom is 0.436 e. The summed E-state index contributed by atoms with van der Waals surface area (Å²) in [6, 6.07) is 8.41. The molecule has 42 heavy (non-hydrogen) atoms. The van der Waals surface area contributed by atoms with Crippen molar-refractivity contribution in [3.05, 3.63) is 105 Å². The van der Waals surface area contributed by atoms with E-state index in [-0.39, 0.29) is 34.3 Å². The maximum atomic E-state index is 14.2. The Balaban J connectivity index is 1.75. The fourth-order valence-corrected chi connectivity index (χ4v) is 5.29. The number of amides is 2. The average Bonchev–Trinajstić information content (AvgIpc) is 3.22. The SMILES string of the molecule is CCc1c(Br)c(C(F)(F)F)nn1CC(=O)NC(Cc1cc(F)cc(F)c1)c1ncccc1-c1ccc(F)c(C(N)=O)c1. The number of rotatable bonds is 9. The number of hydrogen-bond donors (Lipinski definition) is 2. The van der Waals surface area contributed by atoms with Gasteiger partial charge in [0.15, 0.2) is 5.69 Å². The van der Waals surface area contributed by atoms with Gasteiger partial charge < -0.3 is 11.1 Å². The summed E-state index contributed by atoms with van der Waals surface area (Å²) in [5, 5.41) is 6.25. The van der Waals surface area contributed by atoms with Crippen molar-refractivity contribution in [2.45, 2.75) is 38.5 Å². The molecule has 1 atom stereocenters. The molecule has 0 aliphatic carbocycles. The van der Waals surface area contributed by atoms with Gasteiger partial charge in [-0.05, 0) is 70.2 Å². The zero-order valence-corrected chi connectivity index (χ0v) is 23.4. The number of pyridine rings is 1. The van der Waals surface area contributed by atoms with Crippen LogP contribution in [-0.2, 0) is 30.4 Å². The first-order valence-corrected chi connectivity index (χ1v) is 13.2. The molecule has 4 aromatic rings. The van der Waals surface area contributed by atoms with Gasteiger partial charge in [-0.1, -0.05) is 19.1 Å². The Labute approximate surface area is 243 Å². The molecule has 2 heterocycles. The van der Waals surface area contributed by atoms with E-state index in [1.54, 1.807) is 19.1 Å². The molecule has 7 nitrogen and oxygen atoms in total. The molecule has 0 bridgehead atoms. The van der Waals surface area contributed by atoms with Gasteiger partial charge in [-0.3, -0.25) is 19.3 Å². The molecule has 4 rings (SSSR count). The van der Waals surface area contributed by atoms with Crippen molar-refractivity contribution in [3.8, 4) is 11.1 Å². The Morgan fingerprint density at radius 2 is 1.76 bits per heavy atom. The second-order valence-electron chi connectivity index (χ2n) is 9.22. The normalized spacial score (nSPS) is 12.3.